The number of hydrogen-bond donors (Lipinski definition) is 1. The zero-order valence-electron chi connectivity index (χ0n) is 14.6. The topological polar surface area (TPSA) is 60.0 Å². The van der Waals surface area contributed by atoms with Gasteiger partial charge in [0.1, 0.15) is 5.82 Å². The van der Waals surface area contributed by atoms with Gasteiger partial charge in [0, 0.05) is 37.3 Å². The van der Waals surface area contributed by atoms with Gasteiger partial charge in [-0.25, -0.2) is 13.2 Å². The Kier molecular flexibility index (Phi) is 5.37. The summed E-state index contributed by atoms with van der Waals surface area (Å²) < 4.78 is 79.7. The SMILES string of the molecule is C=C(CC(N)Cc1cc(F)c(F)cc1F)N1CCn2c(nnc2C(F)(F)F)C1. The normalized spacial score (nSPS) is 15.5. The molecule has 0 aliphatic carbocycles. The highest BCUT2D eigenvalue weighted by atomic mass is 19.4. The van der Waals surface area contributed by atoms with Gasteiger partial charge in [0.15, 0.2) is 17.5 Å². The van der Waals surface area contributed by atoms with Gasteiger partial charge in [-0.05, 0) is 18.1 Å². The van der Waals surface area contributed by atoms with Gasteiger partial charge in [0.05, 0.1) is 6.54 Å². The number of halogens is 6. The number of alkyl halides is 3. The first kappa shape index (κ1) is 20.2. The first-order chi connectivity index (χ1) is 13.1. The molecule has 0 saturated carbocycles. The number of benzene rings is 1. The zero-order valence-corrected chi connectivity index (χ0v) is 14.6. The van der Waals surface area contributed by atoms with Crippen LogP contribution in [-0.4, -0.2) is 32.3 Å². The van der Waals surface area contributed by atoms with Gasteiger partial charge in [-0.3, -0.25) is 0 Å². The third-order valence-electron chi connectivity index (χ3n) is 4.52. The first-order valence-corrected chi connectivity index (χ1v) is 8.37. The molecule has 1 unspecified atom stereocenters. The summed E-state index contributed by atoms with van der Waals surface area (Å²) in [5.41, 5.74) is 6.44. The van der Waals surface area contributed by atoms with Gasteiger partial charge in [-0.2, -0.15) is 13.2 Å². The Morgan fingerprint density at radius 1 is 1.11 bits per heavy atom. The fraction of sp³-hybridized carbons (Fsp3) is 0.412. The molecule has 28 heavy (non-hydrogen) atoms. The molecule has 152 valence electrons. The van der Waals surface area contributed by atoms with E-state index in [0.29, 0.717) is 11.8 Å². The average molecular weight is 405 g/mol. The van der Waals surface area contributed by atoms with Gasteiger partial charge >= 0.3 is 6.18 Å². The highest BCUT2D eigenvalue weighted by molar-refractivity contribution is 5.21. The van der Waals surface area contributed by atoms with E-state index in [1.54, 1.807) is 4.90 Å². The molecule has 0 fully saturated rings. The van der Waals surface area contributed by atoms with Crippen LogP contribution in [0.15, 0.2) is 24.4 Å². The Hall–Kier alpha value is -2.56. The van der Waals surface area contributed by atoms with Crippen LogP contribution in [0.2, 0.25) is 0 Å². The van der Waals surface area contributed by atoms with Crippen molar-refractivity contribution in [1.29, 1.82) is 0 Å². The Morgan fingerprint density at radius 3 is 2.46 bits per heavy atom. The van der Waals surface area contributed by atoms with Crippen molar-refractivity contribution >= 4 is 0 Å². The second-order valence-corrected chi connectivity index (χ2v) is 6.60. The van der Waals surface area contributed by atoms with E-state index in [1.807, 2.05) is 0 Å². The molecule has 1 aliphatic rings. The standard InChI is InChI=1S/C17H17F6N5/c1-9(4-11(24)5-10-6-13(19)14(20)7-12(10)18)27-2-3-28-15(8-27)25-26-16(28)17(21,22)23/h6-7,11H,1-5,8,24H2. The highest BCUT2D eigenvalue weighted by Gasteiger charge is 2.39. The predicted molar refractivity (Wildman–Crippen MR) is 87.2 cm³/mol. The molecular weight excluding hydrogens is 388 g/mol. The van der Waals surface area contributed by atoms with E-state index < -0.39 is 35.5 Å². The molecule has 1 aromatic heterocycles. The smallest absolute Gasteiger partial charge is 0.366 e. The summed E-state index contributed by atoms with van der Waals surface area (Å²) in [5, 5.41) is 6.79. The molecule has 2 N–H and O–H groups in total. The lowest BCUT2D eigenvalue weighted by molar-refractivity contribution is -0.147. The molecular formula is C17H17F6N5. The lowest BCUT2D eigenvalue weighted by Crippen LogP contribution is -2.36. The number of aromatic nitrogens is 3. The maximum atomic E-state index is 13.7. The van der Waals surface area contributed by atoms with E-state index in [0.717, 1.165) is 10.6 Å². The minimum atomic E-state index is -4.58. The molecule has 1 atom stereocenters. The van der Waals surface area contributed by atoms with E-state index in [-0.39, 0.29) is 43.9 Å². The second kappa shape index (κ2) is 7.46. The molecule has 0 spiro atoms. The number of fused-ring (bicyclic) bond motifs is 1. The summed E-state index contributed by atoms with van der Waals surface area (Å²) >= 11 is 0. The molecule has 1 aliphatic heterocycles. The van der Waals surface area contributed by atoms with E-state index in [1.165, 1.54) is 0 Å². The quantitative estimate of drug-likeness (QED) is 0.614. The highest BCUT2D eigenvalue weighted by Crippen LogP contribution is 2.30. The van der Waals surface area contributed by atoms with Crippen LogP contribution >= 0.6 is 0 Å². The molecule has 2 aromatic rings. The largest absolute Gasteiger partial charge is 0.451 e. The van der Waals surface area contributed by atoms with Crippen molar-refractivity contribution in [1.82, 2.24) is 19.7 Å². The van der Waals surface area contributed by atoms with Crippen molar-refractivity contribution < 1.29 is 26.3 Å². The van der Waals surface area contributed by atoms with Crippen molar-refractivity contribution in [3.63, 3.8) is 0 Å². The Labute approximate surface area is 156 Å². The molecule has 5 nitrogen and oxygen atoms in total. The molecule has 0 bridgehead atoms. The van der Waals surface area contributed by atoms with E-state index in [2.05, 4.69) is 16.8 Å². The van der Waals surface area contributed by atoms with Crippen LogP contribution < -0.4 is 5.73 Å². The number of nitrogens with zero attached hydrogens (tertiary/aromatic N) is 4. The van der Waals surface area contributed by atoms with E-state index in [4.69, 9.17) is 5.73 Å². The molecule has 2 heterocycles. The van der Waals surface area contributed by atoms with Crippen LogP contribution in [0, 0.1) is 17.5 Å². The third kappa shape index (κ3) is 4.13. The van der Waals surface area contributed by atoms with Crippen molar-refractivity contribution in [2.24, 2.45) is 5.73 Å². The van der Waals surface area contributed by atoms with E-state index in [9.17, 15) is 26.3 Å². The van der Waals surface area contributed by atoms with E-state index >= 15 is 0 Å². The number of rotatable bonds is 5. The van der Waals surface area contributed by atoms with Crippen LogP contribution in [0.3, 0.4) is 0 Å². The monoisotopic (exact) mass is 405 g/mol. The van der Waals surface area contributed by atoms with Crippen molar-refractivity contribution in [3.8, 4) is 0 Å². The number of hydrogen-bond acceptors (Lipinski definition) is 4. The minimum Gasteiger partial charge on any atom is -0.366 e. The van der Waals surface area contributed by atoms with Crippen molar-refractivity contribution in [2.75, 3.05) is 6.54 Å². The minimum absolute atomic E-state index is 0.0310. The first-order valence-electron chi connectivity index (χ1n) is 8.37. The third-order valence-corrected chi connectivity index (χ3v) is 4.52. The van der Waals surface area contributed by atoms with Gasteiger partial charge < -0.3 is 15.2 Å². The van der Waals surface area contributed by atoms with Crippen LogP contribution in [0.1, 0.15) is 23.6 Å². The summed E-state index contributed by atoms with van der Waals surface area (Å²) in [6.07, 6.45) is -4.44. The molecule has 1 aromatic carbocycles. The lowest BCUT2D eigenvalue weighted by atomic mass is 10.0. The van der Waals surface area contributed by atoms with Gasteiger partial charge in [-0.1, -0.05) is 6.58 Å². The van der Waals surface area contributed by atoms with Crippen molar-refractivity contribution in [2.45, 2.75) is 38.1 Å². The fourth-order valence-corrected chi connectivity index (χ4v) is 3.14. The van der Waals surface area contributed by atoms with Crippen LogP contribution in [-0.2, 0) is 25.7 Å². The maximum Gasteiger partial charge on any atom is 0.451 e. The summed E-state index contributed by atoms with van der Waals surface area (Å²) in [4.78, 5) is 1.71. The summed E-state index contributed by atoms with van der Waals surface area (Å²) in [7, 11) is 0. The van der Waals surface area contributed by atoms with Gasteiger partial charge in [0.25, 0.3) is 0 Å². The lowest BCUT2D eigenvalue weighted by Gasteiger charge is -2.32. The Morgan fingerprint density at radius 2 is 1.79 bits per heavy atom. The molecule has 11 heteroatoms. The summed E-state index contributed by atoms with van der Waals surface area (Å²) in [5.74, 6) is -4.24. The fourth-order valence-electron chi connectivity index (χ4n) is 3.14. The second-order valence-electron chi connectivity index (χ2n) is 6.60. The summed E-state index contributed by atoms with van der Waals surface area (Å²) in [6, 6.07) is 0.578. The van der Waals surface area contributed by atoms with Crippen LogP contribution in [0.4, 0.5) is 26.3 Å². The zero-order chi connectivity index (χ0) is 20.6. The Balaban J connectivity index is 1.63. The van der Waals surface area contributed by atoms with Gasteiger partial charge in [-0.15, -0.1) is 10.2 Å². The van der Waals surface area contributed by atoms with Crippen molar-refractivity contribution in [3.05, 3.63) is 59.1 Å². The predicted octanol–water partition coefficient (Wildman–Crippen LogP) is 3.00. The van der Waals surface area contributed by atoms with Gasteiger partial charge in [0.2, 0.25) is 5.82 Å². The maximum absolute atomic E-state index is 13.7. The van der Waals surface area contributed by atoms with Crippen LogP contribution in [0.25, 0.3) is 0 Å². The molecule has 0 amide bonds. The Bertz CT molecular complexity index is 891. The molecule has 0 saturated heterocycles. The molecule has 0 radical (unpaired) electrons. The van der Waals surface area contributed by atoms with Crippen LogP contribution in [0.5, 0.6) is 0 Å². The molecule has 3 rings (SSSR count). The average Bonchev–Trinajstić information content (AvgIpc) is 3.03. The summed E-state index contributed by atoms with van der Waals surface area (Å²) in [6.45, 7) is 4.24. The number of nitrogens with two attached hydrogens (primary N) is 1.